The summed E-state index contributed by atoms with van der Waals surface area (Å²) in [6.07, 6.45) is 2.38. The minimum Gasteiger partial charge on any atom is -0.383 e. The van der Waals surface area contributed by atoms with E-state index < -0.39 is 5.41 Å². The van der Waals surface area contributed by atoms with Crippen LogP contribution in [0.15, 0.2) is 0 Å². The molecule has 1 unspecified atom stereocenters. The molecule has 0 heterocycles. The molecular weight excluding hydrogens is 192 g/mol. The average molecular weight is 210 g/mol. The van der Waals surface area contributed by atoms with Crippen molar-refractivity contribution in [3.8, 4) is 6.07 Å². The molecule has 1 aliphatic rings. The van der Waals surface area contributed by atoms with Crippen LogP contribution in [0.3, 0.4) is 0 Å². The second-order valence-electron chi connectivity index (χ2n) is 4.27. The Labute approximate surface area is 90.8 Å². The molecule has 0 spiro atoms. The van der Waals surface area contributed by atoms with Gasteiger partial charge in [-0.15, -0.1) is 0 Å². The van der Waals surface area contributed by atoms with Crippen LogP contribution in [-0.4, -0.2) is 37.6 Å². The zero-order valence-electron chi connectivity index (χ0n) is 9.62. The molecule has 1 fully saturated rings. The van der Waals surface area contributed by atoms with Crippen molar-refractivity contribution < 1.29 is 9.53 Å². The van der Waals surface area contributed by atoms with Gasteiger partial charge in [-0.2, -0.15) is 5.26 Å². The minimum absolute atomic E-state index is 0.0216. The first-order chi connectivity index (χ1) is 7.07. The highest BCUT2D eigenvalue weighted by Gasteiger charge is 2.46. The molecule has 0 aliphatic heterocycles. The van der Waals surface area contributed by atoms with E-state index in [0.717, 1.165) is 6.42 Å². The van der Waals surface area contributed by atoms with Crippen molar-refractivity contribution in [3.63, 3.8) is 0 Å². The van der Waals surface area contributed by atoms with Gasteiger partial charge >= 0.3 is 0 Å². The topological polar surface area (TPSA) is 53.3 Å². The Morgan fingerprint density at radius 2 is 2.27 bits per heavy atom. The number of amides is 1. The van der Waals surface area contributed by atoms with E-state index in [9.17, 15) is 4.79 Å². The molecule has 1 saturated carbocycles. The van der Waals surface area contributed by atoms with Crippen molar-refractivity contribution in [1.29, 1.82) is 5.26 Å². The molecule has 0 aromatic carbocycles. The van der Waals surface area contributed by atoms with Gasteiger partial charge in [-0.05, 0) is 26.2 Å². The number of hydrogen-bond donors (Lipinski definition) is 0. The van der Waals surface area contributed by atoms with Gasteiger partial charge < -0.3 is 9.64 Å². The van der Waals surface area contributed by atoms with Crippen LogP contribution in [-0.2, 0) is 9.53 Å². The largest absolute Gasteiger partial charge is 0.383 e. The molecule has 0 N–H and O–H groups in total. The first kappa shape index (κ1) is 12.0. The Morgan fingerprint density at radius 3 is 2.60 bits per heavy atom. The Morgan fingerprint density at radius 1 is 1.67 bits per heavy atom. The Hall–Kier alpha value is -1.08. The monoisotopic (exact) mass is 210 g/mol. The van der Waals surface area contributed by atoms with Crippen LogP contribution in [0.2, 0.25) is 0 Å². The lowest BCUT2D eigenvalue weighted by molar-refractivity contribution is -0.144. The summed E-state index contributed by atoms with van der Waals surface area (Å²) in [4.78, 5) is 13.7. The van der Waals surface area contributed by atoms with Gasteiger partial charge in [0.2, 0.25) is 5.91 Å². The number of likely N-dealkylation sites (N-methyl/N-ethyl adjacent to an activating group) is 1. The maximum atomic E-state index is 12.0. The number of methoxy groups -OCH3 is 1. The number of nitriles is 1. The van der Waals surface area contributed by atoms with Gasteiger partial charge in [0.1, 0.15) is 5.41 Å². The average Bonchev–Trinajstić information content (AvgIpc) is 2.16. The van der Waals surface area contributed by atoms with Crippen LogP contribution in [0.5, 0.6) is 0 Å². The zero-order chi connectivity index (χ0) is 11.5. The van der Waals surface area contributed by atoms with Crippen molar-refractivity contribution >= 4 is 5.91 Å². The van der Waals surface area contributed by atoms with E-state index in [-0.39, 0.29) is 11.9 Å². The summed E-state index contributed by atoms with van der Waals surface area (Å²) in [7, 11) is 3.35. The molecule has 4 heteroatoms. The quantitative estimate of drug-likeness (QED) is 0.700. The summed E-state index contributed by atoms with van der Waals surface area (Å²) in [5.41, 5.74) is -0.739. The summed E-state index contributed by atoms with van der Waals surface area (Å²) >= 11 is 0. The number of ether oxygens (including phenoxy) is 1. The van der Waals surface area contributed by atoms with Crippen molar-refractivity contribution in [2.45, 2.75) is 32.2 Å². The molecule has 1 amide bonds. The third-order valence-corrected chi connectivity index (χ3v) is 3.22. The van der Waals surface area contributed by atoms with E-state index in [1.165, 1.54) is 0 Å². The Bertz CT molecular complexity index is 279. The Kier molecular flexibility index (Phi) is 3.70. The normalized spacial score (nSPS) is 19.9. The summed E-state index contributed by atoms with van der Waals surface area (Å²) < 4.78 is 5.00. The smallest absolute Gasteiger partial charge is 0.243 e. The van der Waals surface area contributed by atoms with Crippen LogP contribution < -0.4 is 0 Å². The van der Waals surface area contributed by atoms with E-state index in [1.54, 1.807) is 19.1 Å². The van der Waals surface area contributed by atoms with Gasteiger partial charge in [0.25, 0.3) is 0 Å². The minimum atomic E-state index is -0.739. The lowest BCUT2D eigenvalue weighted by Gasteiger charge is -2.38. The number of nitrogens with zero attached hydrogens (tertiary/aromatic N) is 2. The van der Waals surface area contributed by atoms with Gasteiger partial charge in [0.05, 0.1) is 18.7 Å². The van der Waals surface area contributed by atoms with Crippen LogP contribution in [0.25, 0.3) is 0 Å². The molecule has 15 heavy (non-hydrogen) atoms. The van der Waals surface area contributed by atoms with Gasteiger partial charge in [0.15, 0.2) is 0 Å². The molecule has 0 bridgehead atoms. The fourth-order valence-electron chi connectivity index (χ4n) is 1.79. The standard InChI is InChI=1S/C11H18N2O2/c1-9(7-15-3)13(2)10(14)11(8-12)5-4-6-11/h9H,4-7H2,1-3H3. The highest BCUT2D eigenvalue weighted by Crippen LogP contribution is 2.41. The number of hydrogen-bond acceptors (Lipinski definition) is 3. The molecule has 1 aliphatic carbocycles. The van der Waals surface area contributed by atoms with E-state index in [1.807, 2.05) is 6.92 Å². The second-order valence-corrected chi connectivity index (χ2v) is 4.27. The molecule has 1 atom stereocenters. The lowest BCUT2D eigenvalue weighted by Crippen LogP contribution is -2.49. The Balaban J connectivity index is 2.64. The van der Waals surface area contributed by atoms with Crippen molar-refractivity contribution in [3.05, 3.63) is 0 Å². The molecule has 84 valence electrons. The first-order valence-electron chi connectivity index (χ1n) is 5.25. The predicted octanol–water partition coefficient (Wildman–Crippen LogP) is 1.17. The highest BCUT2D eigenvalue weighted by molar-refractivity contribution is 5.86. The summed E-state index contributed by atoms with van der Waals surface area (Å²) in [6.45, 7) is 2.43. The maximum absolute atomic E-state index is 12.0. The van der Waals surface area contributed by atoms with Gasteiger partial charge in [0, 0.05) is 14.2 Å². The van der Waals surface area contributed by atoms with E-state index in [4.69, 9.17) is 10.00 Å². The van der Waals surface area contributed by atoms with Gasteiger partial charge in [-0.25, -0.2) is 0 Å². The van der Waals surface area contributed by atoms with E-state index in [0.29, 0.717) is 19.4 Å². The van der Waals surface area contributed by atoms with Crippen LogP contribution in [0, 0.1) is 16.7 Å². The lowest BCUT2D eigenvalue weighted by atomic mass is 9.69. The van der Waals surface area contributed by atoms with Crippen molar-refractivity contribution in [1.82, 2.24) is 4.90 Å². The number of rotatable bonds is 4. The molecule has 0 saturated heterocycles. The second kappa shape index (κ2) is 4.63. The first-order valence-corrected chi connectivity index (χ1v) is 5.25. The van der Waals surface area contributed by atoms with Crippen molar-refractivity contribution in [2.75, 3.05) is 20.8 Å². The fourth-order valence-corrected chi connectivity index (χ4v) is 1.79. The van der Waals surface area contributed by atoms with Gasteiger partial charge in [-0.1, -0.05) is 0 Å². The zero-order valence-corrected chi connectivity index (χ0v) is 9.62. The van der Waals surface area contributed by atoms with Crippen LogP contribution >= 0.6 is 0 Å². The molecule has 0 aromatic heterocycles. The summed E-state index contributed by atoms with van der Waals surface area (Å²) in [6, 6.07) is 2.18. The summed E-state index contributed by atoms with van der Waals surface area (Å²) in [5.74, 6) is -0.0548. The number of carbonyl (C=O) groups is 1. The number of carbonyl (C=O) groups excluding carboxylic acids is 1. The van der Waals surface area contributed by atoms with Crippen molar-refractivity contribution in [2.24, 2.45) is 5.41 Å². The van der Waals surface area contributed by atoms with E-state index in [2.05, 4.69) is 6.07 Å². The van der Waals surface area contributed by atoms with Crippen LogP contribution in [0.4, 0.5) is 0 Å². The van der Waals surface area contributed by atoms with E-state index >= 15 is 0 Å². The molecule has 0 radical (unpaired) electrons. The molecular formula is C11H18N2O2. The molecule has 4 nitrogen and oxygen atoms in total. The van der Waals surface area contributed by atoms with Gasteiger partial charge in [-0.3, -0.25) is 4.79 Å². The third kappa shape index (κ3) is 2.13. The summed E-state index contributed by atoms with van der Waals surface area (Å²) in [5, 5.41) is 9.04. The predicted molar refractivity (Wildman–Crippen MR) is 56.0 cm³/mol. The molecule has 1 rings (SSSR count). The molecule has 0 aromatic rings. The van der Waals surface area contributed by atoms with Crippen LogP contribution in [0.1, 0.15) is 26.2 Å². The highest BCUT2D eigenvalue weighted by atomic mass is 16.5. The maximum Gasteiger partial charge on any atom is 0.243 e. The third-order valence-electron chi connectivity index (χ3n) is 3.22. The SMILES string of the molecule is COCC(C)N(C)C(=O)C1(C#N)CCC1. The fraction of sp³-hybridized carbons (Fsp3) is 0.818.